The molecular formula is C21H21N3O4S. The first-order valence-corrected chi connectivity index (χ1v) is 9.97. The first kappa shape index (κ1) is 20.5. The van der Waals surface area contributed by atoms with Crippen LogP contribution in [0.5, 0.6) is 11.5 Å². The van der Waals surface area contributed by atoms with E-state index < -0.39 is 0 Å². The van der Waals surface area contributed by atoms with Gasteiger partial charge in [-0.2, -0.15) is 0 Å². The third kappa shape index (κ3) is 5.39. The van der Waals surface area contributed by atoms with Gasteiger partial charge in [-0.1, -0.05) is 11.8 Å². The number of amides is 1. The average Bonchev–Trinajstić information content (AvgIpc) is 2.75. The molecule has 1 heterocycles. The zero-order valence-corrected chi connectivity index (χ0v) is 16.9. The summed E-state index contributed by atoms with van der Waals surface area (Å²) in [5.41, 5.74) is 1.08. The largest absolute Gasteiger partial charge is 0.497 e. The summed E-state index contributed by atoms with van der Waals surface area (Å²) in [6.45, 7) is 2.49. The Labute approximate surface area is 172 Å². The molecule has 0 saturated carbocycles. The normalized spacial score (nSPS) is 10.4. The summed E-state index contributed by atoms with van der Waals surface area (Å²) in [5, 5.41) is 3.05. The fourth-order valence-electron chi connectivity index (χ4n) is 2.57. The number of thioether (sulfide) groups is 1. The minimum absolute atomic E-state index is 0.0715. The van der Waals surface area contributed by atoms with E-state index >= 15 is 0 Å². The topological polar surface area (TPSA) is 82.4 Å². The van der Waals surface area contributed by atoms with Gasteiger partial charge in [-0.05, 0) is 55.5 Å². The predicted molar refractivity (Wildman–Crippen MR) is 113 cm³/mol. The Morgan fingerprint density at radius 1 is 1.10 bits per heavy atom. The molecule has 0 radical (unpaired) electrons. The molecule has 1 N–H and O–H groups in total. The van der Waals surface area contributed by atoms with Crippen LogP contribution in [0.3, 0.4) is 0 Å². The van der Waals surface area contributed by atoms with E-state index in [0.717, 1.165) is 17.5 Å². The maximum Gasteiger partial charge on any atom is 0.287 e. The molecule has 0 fully saturated rings. The van der Waals surface area contributed by atoms with E-state index in [1.165, 1.54) is 4.57 Å². The van der Waals surface area contributed by atoms with Crippen molar-refractivity contribution in [3.8, 4) is 17.2 Å². The summed E-state index contributed by atoms with van der Waals surface area (Å²) in [6, 6.07) is 14.2. The zero-order valence-electron chi connectivity index (χ0n) is 16.1. The van der Waals surface area contributed by atoms with Crippen LogP contribution in [0.2, 0.25) is 0 Å². The minimum atomic E-state index is -0.281. The Bertz CT molecular complexity index is 1020. The molecule has 0 unspecified atom stereocenters. The summed E-state index contributed by atoms with van der Waals surface area (Å²) >= 11 is 1.10. The van der Waals surface area contributed by atoms with E-state index in [9.17, 15) is 9.59 Å². The van der Waals surface area contributed by atoms with Crippen LogP contribution in [0, 0.1) is 0 Å². The molecule has 0 atom stereocenters. The lowest BCUT2D eigenvalue weighted by Gasteiger charge is -2.09. The SMILES string of the molecule is CCOc1ccc(NC(=O)CSc2nccn(-c3ccc(OC)cc3)c2=O)cc1. The van der Waals surface area contributed by atoms with Crippen LogP contribution in [0.1, 0.15) is 6.92 Å². The fourth-order valence-corrected chi connectivity index (χ4v) is 3.27. The highest BCUT2D eigenvalue weighted by Crippen LogP contribution is 2.18. The molecule has 3 aromatic rings. The Morgan fingerprint density at radius 2 is 1.79 bits per heavy atom. The summed E-state index contributed by atoms with van der Waals surface area (Å²) < 4.78 is 12.0. The Hall–Kier alpha value is -3.26. The van der Waals surface area contributed by atoms with Gasteiger partial charge in [0.1, 0.15) is 11.5 Å². The lowest BCUT2D eigenvalue weighted by Crippen LogP contribution is -2.22. The first-order chi connectivity index (χ1) is 14.1. The first-order valence-electron chi connectivity index (χ1n) is 8.98. The zero-order chi connectivity index (χ0) is 20.6. The third-order valence-corrected chi connectivity index (χ3v) is 4.91. The molecular weight excluding hydrogens is 390 g/mol. The van der Waals surface area contributed by atoms with Gasteiger partial charge in [-0.3, -0.25) is 14.2 Å². The quantitative estimate of drug-likeness (QED) is 0.573. The maximum absolute atomic E-state index is 12.7. The van der Waals surface area contributed by atoms with Crippen LogP contribution in [-0.4, -0.2) is 34.9 Å². The lowest BCUT2D eigenvalue weighted by atomic mass is 10.3. The van der Waals surface area contributed by atoms with Crippen molar-refractivity contribution in [3.63, 3.8) is 0 Å². The van der Waals surface area contributed by atoms with Crippen LogP contribution in [0.25, 0.3) is 5.69 Å². The van der Waals surface area contributed by atoms with Crippen LogP contribution in [0.15, 0.2) is 70.7 Å². The number of benzene rings is 2. The average molecular weight is 411 g/mol. The van der Waals surface area contributed by atoms with Crippen LogP contribution >= 0.6 is 11.8 Å². The molecule has 1 amide bonds. The second-order valence-electron chi connectivity index (χ2n) is 5.90. The summed E-state index contributed by atoms with van der Waals surface area (Å²) in [4.78, 5) is 29.0. The molecule has 1 aromatic heterocycles. The predicted octanol–water partition coefficient (Wildman–Crippen LogP) is 3.37. The van der Waals surface area contributed by atoms with Crippen molar-refractivity contribution in [2.24, 2.45) is 0 Å². The van der Waals surface area contributed by atoms with E-state index in [2.05, 4.69) is 10.3 Å². The number of nitrogens with zero attached hydrogens (tertiary/aromatic N) is 2. The molecule has 29 heavy (non-hydrogen) atoms. The number of carbonyl (C=O) groups excluding carboxylic acids is 1. The van der Waals surface area contributed by atoms with Crippen LogP contribution in [0.4, 0.5) is 5.69 Å². The lowest BCUT2D eigenvalue weighted by molar-refractivity contribution is -0.113. The Kier molecular flexibility index (Phi) is 6.91. The van der Waals surface area contributed by atoms with E-state index in [1.54, 1.807) is 68.0 Å². The number of rotatable bonds is 8. The number of anilines is 1. The highest BCUT2D eigenvalue weighted by atomic mass is 32.2. The van der Waals surface area contributed by atoms with Gasteiger partial charge in [0.25, 0.3) is 5.56 Å². The highest BCUT2D eigenvalue weighted by molar-refractivity contribution is 7.99. The fraction of sp³-hybridized carbons (Fsp3) is 0.190. The van der Waals surface area contributed by atoms with E-state index in [0.29, 0.717) is 23.7 Å². The highest BCUT2D eigenvalue weighted by Gasteiger charge is 2.10. The molecule has 7 nitrogen and oxygen atoms in total. The number of hydrogen-bond donors (Lipinski definition) is 1. The minimum Gasteiger partial charge on any atom is -0.497 e. The van der Waals surface area contributed by atoms with Crippen LogP contribution < -0.4 is 20.3 Å². The number of aromatic nitrogens is 2. The second-order valence-corrected chi connectivity index (χ2v) is 6.86. The standard InChI is InChI=1S/C21H21N3O4S/c1-3-28-18-8-4-15(5-9-18)23-19(25)14-29-20-21(26)24(13-12-22-20)16-6-10-17(27-2)11-7-16/h4-13H,3,14H2,1-2H3,(H,23,25). The van der Waals surface area contributed by atoms with Crippen molar-refractivity contribution in [2.45, 2.75) is 11.9 Å². The molecule has 0 bridgehead atoms. The van der Waals surface area contributed by atoms with Gasteiger partial charge in [-0.25, -0.2) is 4.98 Å². The number of carbonyl (C=O) groups is 1. The Balaban J connectivity index is 1.64. The molecule has 0 aliphatic carbocycles. The molecule has 0 spiro atoms. The third-order valence-electron chi connectivity index (χ3n) is 3.95. The smallest absolute Gasteiger partial charge is 0.287 e. The number of hydrogen-bond acceptors (Lipinski definition) is 6. The van der Waals surface area contributed by atoms with E-state index in [-0.39, 0.29) is 22.2 Å². The van der Waals surface area contributed by atoms with Crippen LogP contribution in [-0.2, 0) is 4.79 Å². The van der Waals surface area contributed by atoms with Crippen molar-refractivity contribution < 1.29 is 14.3 Å². The van der Waals surface area contributed by atoms with Crippen molar-refractivity contribution in [1.82, 2.24) is 9.55 Å². The van der Waals surface area contributed by atoms with Crippen molar-refractivity contribution in [2.75, 3.05) is 24.8 Å². The Morgan fingerprint density at radius 3 is 2.45 bits per heavy atom. The summed E-state index contributed by atoms with van der Waals surface area (Å²) in [5.74, 6) is 1.30. The monoisotopic (exact) mass is 411 g/mol. The molecule has 3 rings (SSSR count). The van der Waals surface area contributed by atoms with Gasteiger partial charge in [-0.15, -0.1) is 0 Å². The van der Waals surface area contributed by atoms with Gasteiger partial charge in [0.05, 0.1) is 19.5 Å². The molecule has 0 aliphatic heterocycles. The maximum atomic E-state index is 12.7. The number of nitrogens with one attached hydrogen (secondary N) is 1. The molecule has 0 aliphatic rings. The number of methoxy groups -OCH3 is 1. The molecule has 0 saturated heterocycles. The second kappa shape index (κ2) is 9.79. The van der Waals surface area contributed by atoms with Gasteiger partial charge in [0.2, 0.25) is 5.91 Å². The van der Waals surface area contributed by atoms with Gasteiger partial charge in [0, 0.05) is 23.8 Å². The van der Waals surface area contributed by atoms with E-state index in [1.807, 2.05) is 6.92 Å². The van der Waals surface area contributed by atoms with Crippen molar-refractivity contribution >= 4 is 23.4 Å². The van der Waals surface area contributed by atoms with E-state index in [4.69, 9.17) is 9.47 Å². The molecule has 150 valence electrons. The molecule has 8 heteroatoms. The van der Waals surface area contributed by atoms with Gasteiger partial charge < -0.3 is 14.8 Å². The summed E-state index contributed by atoms with van der Waals surface area (Å²) in [7, 11) is 1.58. The van der Waals surface area contributed by atoms with Crippen molar-refractivity contribution in [1.29, 1.82) is 0 Å². The van der Waals surface area contributed by atoms with Crippen molar-refractivity contribution in [3.05, 3.63) is 71.3 Å². The van der Waals surface area contributed by atoms with Gasteiger partial charge in [0.15, 0.2) is 5.03 Å². The molecule has 2 aromatic carbocycles. The number of ether oxygens (including phenoxy) is 2. The summed E-state index contributed by atoms with van der Waals surface area (Å²) in [6.07, 6.45) is 3.13. The van der Waals surface area contributed by atoms with Gasteiger partial charge >= 0.3 is 0 Å².